The number of hydrazone groups is 1. The Labute approximate surface area is 107 Å². The molecule has 2 atom stereocenters. The summed E-state index contributed by atoms with van der Waals surface area (Å²) in [5.74, 6) is 0.446. The minimum Gasteiger partial charge on any atom is -0.350 e. The summed E-state index contributed by atoms with van der Waals surface area (Å²) in [6.45, 7) is 8.80. The maximum absolute atomic E-state index is 10.9. The molecule has 4 bridgehead atoms. The summed E-state index contributed by atoms with van der Waals surface area (Å²) in [6.07, 6.45) is 1.07. The van der Waals surface area contributed by atoms with Crippen LogP contribution >= 0.6 is 0 Å². The van der Waals surface area contributed by atoms with Crippen molar-refractivity contribution in [3.63, 3.8) is 0 Å². The zero-order valence-corrected chi connectivity index (χ0v) is 10.9. The second kappa shape index (κ2) is 4.20. The lowest BCUT2D eigenvalue weighted by Gasteiger charge is -2.50. The lowest BCUT2D eigenvalue weighted by Crippen LogP contribution is -2.61. The van der Waals surface area contributed by atoms with Gasteiger partial charge in [0.2, 0.25) is 0 Å². The Hall–Kier alpha value is -1.14. The predicted octanol–water partition coefficient (Wildman–Crippen LogP) is -0.332. The molecule has 4 aliphatic rings. The van der Waals surface area contributed by atoms with Gasteiger partial charge in [-0.15, -0.1) is 0 Å². The molecular weight excluding hydrogens is 230 g/mol. The highest BCUT2D eigenvalue weighted by molar-refractivity contribution is 5.95. The van der Waals surface area contributed by atoms with Crippen molar-refractivity contribution in [2.75, 3.05) is 39.3 Å². The van der Waals surface area contributed by atoms with Crippen molar-refractivity contribution in [1.82, 2.24) is 15.2 Å². The summed E-state index contributed by atoms with van der Waals surface area (Å²) >= 11 is 0. The first-order valence-electron chi connectivity index (χ1n) is 6.71. The number of piperidine rings is 2. The quantitative estimate of drug-likeness (QED) is 0.660. The van der Waals surface area contributed by atoms with Crippen LogP contribution in [0.4, 0.5) is 4.79 Å². The molecule has 0 aromatic rings. The molecule has 100 valence electrons. The zero-order valence-electron chi connectivity index (χ0n) is 10.9. The van der Waals surface area contributed by atoms with Crippen LogP contribution < -0.4 is 11.2 Å². The number of rotatable bonds is 2. The minimum absolute atomic E-state index is 0.111. The van der Waals surface area contributed by atoms with Crippen LogP contribution in [0.15, 0.2) is 5.10 Å². The van der Waals surface area contributed by atoms with Crippen molar-refractivity contribution in [3.8, 4) is 0 Å². The highest BCUT2D eigenvalue weighted by Crippen LogP contribution is 2.40. The van der Waals surface area contributed by atoms with Gasteiger partial charge in [-0.25, -0.2) is 10.2 Å². The SMILES string of the molecule is CCC12CN3CCN(CC(C3)/C1=N/NC(N)=O)C2. The number of primary amides is 1. The van der Waals surface area contributed by atoms with Crippen molar-refractivity contribution in [3.05, 3.63) is 0 Å². The van der Waals surface area contributed by atoms with Crippen molar-refractivity contribution in [1.29, 1.82) is 0 Å². The molecule has 0 saturated carbocycles. The average molecular weight is 251 g/mol. The second-order valence-corrected chi connectivity index (χ2v) is 5.77. The fourth-order valence-electron chi connectivity index (χ4n) is 3.84. The summed E-state index contributed by atoms with van der Waals surface area (Å²) in [7, 11) is 0. The molecular formula is C12H21N5O. The molecule has 0 aromatic carbocycles. The molecule has 4 fully saturated rings. The molecule has 0 aromatic heterocycles. The third kappa shape index (κ3) is 1.80. The van der Waals surface area contributed by atoms with E-state index in [1.165, 1.54) is 5.71 Å². The summed E-state index contributed by atoms with van der Waals surface area (Å²) in [5, 5.41) is 4.35. The zero-order chi connectivity index (χ0) is 12.8. The fraction of sp³-hybridized carbons (Fsp3) is 0.833. The Bertz CT molecular complexity index is 378. The monoisotopic (exact) mass is 251 g/mol. The first kappa shape index (κ1) is 11.9. The molecule has 3 N–H and O–H groups in total. The van der Waals surface area contributed by atoms with Gasteiger partial charge < -0.3 is 15.5 Å². The van der Waals surface area contributed by atoms with Gasteiger partial charge in [0.25, 0.3) is 0 Å². The summed E-state index contributed by atoms with van der Waals surface area (Å²) in [5.41, 5.74) is 8.85. The van der Waals surface area contributed by atoms with Crippen LogP contribution in [0, 0.1) is 11.3 Å². The Morgan fingerprint density at radius 3 is 2.56 bits per heavy atom. The number of amides is 2. The molecule has 4 heterocycles. The third-order valence-corrected chi connectivity index (χ3v) is 4.64. The van der Waals surface area contributed by atoms with E-state index in [4.69, 9.17) is 5.73 Å². The van der Waals surface area contributed by atoms with Crippen LogP contribution in [0.3, 0.4) is 0 Å². The fourth-order valence-corrected chi connectivity index (χ4v) is 3.84. The molecule has 2 unspecified atom stereocenters. The van der Waals surface area contributed by atoms with Crippen LogP contribution in [0.5, 0.6) is 0 Å². The van der Waals surface area contributed by atoms with E-state index in [2.05, 4.69) is 27.3 Å². The van der Waals surface area contributed by atoms with Gasteiger partial charge in [-0.1, -0.05) is 6.92 Å². The number of nitrogens with one attached hydrogen (secondary N) is 1. The van der Waals surface area contributed by atoms with Crippen LogP contribution in [0.1, 0.15) is 13.3 Å². The number of nitrogens with two attached hydrogens (primary N) is 1. The largest absolute Gasteiger partial charge is 0.350 e. The standard InChI is InChI=1S/C12H21N5O/c1-2-12-7-16-3-4-17(8-12)6-9(5-16)10(12)14-15-11(13)18/h9H,2-8H2,1H3,(H3,13,15,18)/b14-10-. The summed E-state index contributed by atoms with van der Waals surface area (Å²) in [4.78, 5) is 16.0. The van der Waals surface area contributed by atoms with E-state index in [9.17, 15) is 4.79 Å². The van der Waals surface area contributed by atoms with Gasteiger partial charge in [0.15, 0.2) is 0 Å². The number of fused-ring (bicyclic) bond motifs is 1. The Morgan fingerprint density at radius 2 is 2.06 bits per heavy atom. The summed E-state index contributed by atoms with van der Waals surface area (Å²) < 4.78 is 0. The normalized spacial score (nSPS) is 44.1. The van der Waals surface area contributed by atoms with Crippen LogP contribution in [-0.4, -0.2) is 60.8 Å². The molecule has 2 amide bonds. The van der Waals surface area contributed by atoms with E-state index >= 15 is 0 Å². The number of urea groups is 1. The van der Waals surface area contributed by atoms with E-state index in [0.717, 1.165) is 45.7 Å². The van der Waals surface area contributed by atoms with Gasteiger partial charge in [0, 0.05) is 50.6 Å². The van der Waals surface area contributed by atoms with Crippen LogP contribution in [-0.2, 0) is 0 Å². The molecule has 4 rings (SSSR count). The van der Waals surface area contributed by atoms with E-state index < -0.39 is 6.03 Å². The van der Waals surface area contributed by atoms with Gasteiger partial charge in [-0.3, -0.25) is 0 Å². The number of carbonyl (C=O) groups excluding carboxylic acids is 1. The van der Waals surface area contributed by atoms with E-state index in [0.29, 0.717) is 5.92 Å². The topological polar surface area (TPSA) is 74.0 Å². The number of nitrogens with zero attached hydrogens (tertiary/aromatic N) is 3. The number of carbonyl (C=O) groups is 1. The lowest BCUT2D eigenvalue weighted by molar-refractivity contribution is 0.114. The average Bonchev–Trinajstić information content (AvgIpc) is 2.56. The summed E-state index contributed by atoms with van der Waals surface area (Å²) in [6, 6.07) is -0.569. The minimum atomic E-state index is -0.569. The highest BCUT2D eigenvalue weighted by Gasteiger charge is 2.51. The molecule has 18 heavy (non-hydrogen) atoms. The van der Waals surface area contributed by atoms with Gasteiger partial charge in [0.05, 0.1) is 5.71 Å². The smallest absolute Gasteiger partial charge is 0.332 e. The number of hydrogen-bond donors (Lipinski definition) is 2. The molecule has 0 spiro atoms. The Balaban J connectivity index is 1.94. The third-order valence-electron chi connectivity index (χ3n) is 4.64. The molecule has 4 aliphatic heterocycles. The first-order chi connectivity index (χ1) is 8.63. The first-order valence-corrected chi connectivity index (χ1v) is 6.71. The van der Waals surface area contributed by atoms with Gasteiger partial charge in [-0.2, -0.15) is 5.10 Å². The predicted molar refractivity (Wildman–Crippen MR) is 69.2 cm³/mol. The van der Waals surface area contributed by atoms with E-state index in [1.807, 2.05) is 0 Å². The lowest BCUT2D eigenvalue weighted by atomic mass is 9.69. The van der Waals surface area contributed by atoms with Gasteiger partial charge >= 0.3 is 6.03 Å². The maximum atomic E-state index is 10.9. The molecule has 4 saturated heterocycles. The Morgan fingerprint density at radius 1 is 1.44 bits per heavy atom. The van der Waals surface area contributed by atoms with Crippen LogP contribution in [0.25, 0.3) is 0 Å². The maximum Gasteiger partial charge on any atom is 0.332 e. The number of hydrogen-bond acceptors (Lipinski definition) is 4. The Kier molecular flexibility index (Phi) is 2.79. The van der Waals surface area contributed by atoms with Crippen molar-refractivity contribution in [2.24, 2.45) is 22.2 Å². The van der Waals surface area contributed by atoms with Crippen molar-refractivity contribution in [2.45, 2.75) is 13.3 Å². The van der Waals surface area contributed by atoms with Crippen molar-refractivity contribution >= 4 is 11.7 Å². The van der Waals surface area contributed by atoms with E-state index in [1.54, 1.807) is 0 Å². The molecule has 6 nitrogen and oxygen atoms in total. The van der Waals surface area contributed by atoms with Gasteiger partial charge in [-0.05, 0) is 6.42 Å². The van der Waals surface area contributed by atoms with Crippen molar-refractivity contribution < 1.29 is 4.79 Å². The second-order valence-electron chi connectivity index (χ2n) is 5.77. The molecule has 0 radical (unpaired) electrons. The molecule has 6 heteroatoms. The van der Waals surface area contributed by atoms with Crippen LogP contribution in [0.2, 0.25) is 0 Å². The van der Waals surface area contributed by atoms with Gasteiger partial charge in [0.1, 0.15) is 0 Å². The highest BCUT2D eigenvalue weighted by atomic mass is 16.2. The molecule has 0 aliphatic carbocycles. The van der Waals surface area contributed by atoms with E-state index in [-0.39, 0.29) is 5.41 Å².